The second-order valence-corrected chi connectivity index (χ2v) is 8.08. The number of halogens is 2. The third-order valence-corrected chi connectivity index (χ3v) is 4.29. The minimum atomic E-state index is -0.461. The van der Waals surface area contributed by atoms with Gasteiger partial charge in [-0.3, -0.25) is 0 Å². The number of ether oxygens (including phenoxy) is 1. The van der Waals surface area contributed by atoms with Crippen molar-refractivity contribution in [3.8, 4) is 0 Å². The van der Waals surface area contributed by atoms with E-state index in [9.17, 15) is 4.79 Å². The fraction of sp³-hybridized carbons (Fsp3) is 0.625. The molecule has 1 aromatic rings. The summed E-state index contributed by atoms with van der Waals surface area (Å²) in [7, 11) is 0. The van der Waals surface area contributed by atoms with Gasteiger partial charge in [-0.25, -0.2) is 9.78 Å². The molecule has 2 heterocycles. The van der Waals surface area contributed by atoms with E-state index in [1.807, 2.05) is 26.8 Å². The summed E-state index contributed by atoms with van der Waals surface area (Å²) in [6.07, 6.45) is 3.49. The Hall–Kier alpha value is -1.01. The van der Waals surface area contributed by atoms with E-state index >= 15 is 0 Å². The van der Waals surface area contributed by atoms with Gasteiger partial charge in [-0.15, -0.1) is 0 Å². The summed E-state index contributed by atoms with van der Waals surface area (Å²) in [5, 5.41) is 3.78. The molecule has 1 aromatic heterocycles. The molecule has 5 nitrogen and oxygen atoms in total. The summed E-state index contributed by atoms with van der Waals surface area (Å²) in [5.74, 6) is 0.367. The van der Waals surface area contributed by atoms with Crippen molar-refractivity contribution in [2.45, 2.75) is 39.2 Å². The lowest BCUT2D eigenvalue weighted by atomic mass is 9.98. The van der Waals surface area contributed by atoms with Gasteiger partial charge >= 0.3 is 6.09 Å². The van der Waals surface area contributed by atoms with Gasteiger partial charge in [-0.05, 0) is 61.5 Å². The lowest BCUT2D eigenvalue weighted by Gasteiger charge is -2.34. The first-order valence-electron chi connectivity index (χ1n) is 7.77. The van der Waals surface area contributed by atoms with Gasteiger partial charge in [0.1, 0.15) is 5.60 Å². The predicted octanol–water partition coefficient (Wildman–Crippen LogP) is 4.56. The number of pyridine rings is 1. The molecule has 1 amide bonds. The molecule has 7 heteroatoms. The van der Waals surface area contributed by atoms with E-state index in [1.165, 1.54) is 0 Å². The molecular formula is C16H23BrClN3O2. The molecule has 23 heavy (non-hydrogen) atoms. The van der Waals surface area contributed by atoms with Crippen LogP contribution in [0.1, 0.15) is 33.6 Å². The van der Waals surface area contributed by atoms with Crippen LogP contribution >= 0.6 is 27.5 Å². The first kappa shape index (κ1) is 18.3. The first-order valence-corrected chi connectivity index (χ1v) is 8.94. The fourth-order valence-electron chi connectivity index (χ4n) is 2.52. The average Bonchev–Trinajstić information content (AvgIpc) is 2.47. The third kappa shape index (κ3) is 5.84. The number of likely N-dealkylation sites (tertiary alicyclic amines) is 1. The normalized spacial score (nSPS) is 18.7. The van der Waals surface area contributed by atoms with Crippen LogP contribution in [0.3, 0.4) is 0 Å². The largest absolute Gasteiger partial charge is 0.444 e. The number of carbonyl (C=O) groups excluding carboxylic acids is 1. The van der Waals surface area contributed by atoms with Gasteiger partial charge < -0.3 is 15.0 Å². The van der Waals surface area contributed by atoms with Crippen LogP contribution in [0.15, 0.2) is 16.7 Å². The van der Waals surface area contributed by atoms with Crippen molar-refractivity contribution in [2.75, 3.05) is 25.0 Å². The predicted molar refractivity (Wildman–Crippen MR) is 96.0 cm³/mol. The lowest BCUT2D eigenvalue weighted by molar-refractivity contribution is 0.0172. The molecule has 0 bridgehead atoms. The minimum absolute atomic E-state index is 0.232. The molecule has 0 radical (unpaired) electrons. The molecule has 0 saturated carbocycles. The number of carbonyl (C=O) groups is 1. The second kappa shape index (κ2) is 7.71. The van der Waals surface area contributed by atoms with E-state index in [2.05, 4.69) is 26.2 Å². The van der Waals surface area contributed by atoms with Crippen LogP contribution in [0, 0.1) is 5.92 Å². The summed E-state index contributed by atoms with van der Waals surface area (Å²) in [6, 6.07) is 1.91. The Morgan fingerprint density at radius 1 is 1.57 bits per heavy atom. The fourth-order valence-corrected chi connectivity index (χ4v) is 3.03. The Labute approximate surface area is 150 Å². The average molecular weight is 405 g/mol. The zero-order valence-corrected chi connectivity index (χ0v) is 16.1. The first-order chi connectivity index (χ1) is 10.7. The number of rotatable bonds is 3. The number of nitrogens with one attached hydrogen (secondary N) is 1. The Kier molecular flexibility index (Phi) is 6.14. The number of nitrogens with zero attached hydrogens (tertiary/aromatic N) is 2. The maximum absolute atomic E-state index is 12.2. The van der Waals surface area contributed by atoms with Crippen molar-refractivity contribution in [3.63, 3.8) is 0 Å². The highest BCUT2D eigenvalue weighted by molar-refractivity contribution is 9.10. The zero-order chi connectivity index (χ0) is 17.0. The van der Waals surface area contributed by atoms with Gasteiger partial charge in [0.15, 0.2) is 5.15 Å². The molecule has 0 spiro atoms. The molecule has 1 unspecified atom stereocenters. The second-order valence-electron chi connectivity index (χ2n) is 6.81. The van der Waals surface area contributed by atoms with E-state index in [1.54, 1.807) is 11.1 Å². The van der Waals surface area contributed by atoms with Crippen molar-refractivity contribution in [1.29, 1.82) is 0 Å². The quantitative estimate of drug-likeness (QED) is 0.751. The van der Waals surface area contributed by atoms with E-state index in [-0.39, 0.29) is 6.09 Å². The summed E-state index contributed by atoms with van der Waals surface area (Å²) in [5.41, 5.74) is 0.341. The lowest BCUT2D eigenvalue weighted by Crippen LogP contribution is -2.44. The molecule has 1 atom stereocenters. The molecule has 0 aromatic carbocycles. The van der Waals surface area contributed by atoms with Crippen LogP contribution in [0.25, 0.3) is 0 Å². The number of amides is 1. The third-order valence-electron chi connectivity index (χ3n) is 3.56. The highest BCUT2D eigenvalue weighted by Crippen LogP contribution is 2.25. The highest BCUT2D eigenvalue weighted by atomic mass is 79.9. The van der Waals surface area contributed by atoms with Crippen molar-refractivity contribution in [2.24, 2.45) is 5.92 Å². The number of hydrogen-bond donors (Lipinski definition) is 1. The number of hydrogen-bond acceptors (Lipinski definition) is 4. The van der Waals surface area contributed by atoms with Gasteiger partial charge in [0, 0.05) is 30.3 Å². The Morgan fingerprint density at radius 2 is 2.30 bits per heavy atom. The van der Waals surface area contributed by atoms with Crippen molar-refractivity contribution >= 4 is 39.3 Å². The van der Waals surface area contributed by atoms with Crippen LogP contribution in [0.5, 0.6) is 0 Å². The number of aromatic nitrogens is 1. The number of anilines is 1. The molecule has 1 aliphatic heterocycles. The van der Waals surface area contributed by atoms with Crippen LogP contribution < -0.4 is 5.32 Å². The van der Waals surface area contributed by atoms with Crippen LogP contribution in [0.4, 0.5) is 10.5 Å². The molecule has 1 fully saturated rings. The van der Waals surface area contributed by atoms with Gasteiger partial charge in [0.25, 0.3) is 0 Å². The maximum atomic E-state index is 12.2. The Bertz CT molecular complexity index is 563. The molecule has 128 valence electrons. The molecule has 1 aliphatic rings. The van der Waals surface area contributed by atoms with Gasteiger partial charge in [0.05, 0.1) is 5.69 Å². The van der Waals surface area contributed by atoms with E-state index < -0.39 is 5.60 Å². The summed E-state index contributed by atoms with van der Waals surface area (Å²) in [4.78, 5) is 18.1. The molecule has 1 N–H and O–H groups in total. The maximum Gasteiger partial charge on any atom is 0.410 e. The van der Waals surface area contributed by atoms with Crippen LogP contribution in [-0.4, -0.2) is 41.2 Å². The van der Waals surface area contributed by atoms with Crippen molar-refractivity contribution < 1.29 is 9.53 Å². The van der Waals surface area contributed by atoms with Gasteiger partial charge in [0.2, 0.25) is 0 Å². The summed E-state index contributed by atoms with van der Waals surface area (Å²) in [6.45, 7) is 7.85. The summed E-state index contributed by atoms with van der Waals surface area (Å²) < 4.78 is 6.33. The molecule has 2 rings (SSSR count). The van der Waals surface area contributed by atoms with Crippen molar-refractivity contribution in [3.05, 3.63) is 21.9 Å². The van der Waals surface area contributed by atoms with E-state index in [0.29, 0.717) is 17.6 Å². The molecular weight excluding hydrogens is 382 g/mol. The smallest absolute Gasteiger partial charge is 0.410 e. The molecule has 0 aliphatic carbocycles. The molecule has 1 saturated heterocycles. The van der Waals surface area contributed by atoms with Crippen LogP contribution in [-0.2, 0) is 4.74 Å². The van der Waals surface area contributed by atoms with Crippen molar-refractivity contribution in [1.82, 2.24) is 9.88 Å². The van der Waals surface area contributed by atoms with E-state index in [4.69, 9.17) is 16.3 Å². The summed E-state index contributed by atoms with van der Waals surface area (Å²) >= 11 is 9.47. The topological polar surface area (TPSA) is 54.5 Å². The standard InChI is InChI=1S/C16H23BrClN3O2/c1-16(2,3)23-15(22)21-6-4-5-11(10-21)8-19-13-7-12(17)9-20-14(13)18/h7,9,11,19H,4-6,8,10H2,1-3H3. The highest BCUT2D eigenvalue weighted by Gasteiger charge is 2.27. The zero-order valence-electron chi connectivity index (χ0n) is 13.7. The monoisotopic (exact) mass is 403 g/mol. The van der Waals surface area contributed by atoms with Gasteiger partial charge in [-0.1, -0.05) is 11.6 Å². The minimum Gasteiger partial charge on any atom is -0.444 e. The Balaban J connectivity index is 1.89. The van der Waals surface area contributed by atoms with Gasteiger partial charge in [-0.2, -0.15) is 0 Å². The van der Waals surface area contributed by atoms with E-state index in [0.717, 1.165) is 36.1 Å². The Morgan fingerprint density at radius 3 is 3.00 bits per heavy atom. The van der Waals surface area contributed by atoms with Crippen LogP contribution in [0.2, 0.25) is 5.15 Å². The number of piperidine rings is 1. The SMILES string of the molecule is CC(C)(C)OC(=O)N1CCCC(CNc2cc(Br)cnc2Cl)C1.